The summed E-state index contributed by atoms with van der Waals surface area (Å²) in [5.74, 6) is -5.51. The van der Waals surface area contributed by atoms with Gasteiger partial charge < -0.3 is 33.9 Å². The predicted octanol–water partition coefficient (Wildman–Crippen LogP) is -0.158. The number of rotatable bonds is 3. The number of epoxide rings is 1. The van der Waals surface area contributed by atoms with Gasteiger partial charge in [0.15, 0.2) is 11.9 Å². The largest absolute Gasteiger partial charge is 0.461 e. The molecule has 4 rings (SSSR count). The Labute approximate surface area is 166 Å². The molecule has 160 valence electrons. The monoisotopic (exact) mass is 412 g/mol. The highest BCUT2D eigenvalue weighted by Gasteiger charge is 2.79. The smallest absolute Gasteiger partial charge is 0.340 e. The van der Waals surface area contributed by atoms with Gasteiger partial charge in [-0.2, -0.15) is 0 Å². The van der Waals surface area contributed by atoms with Crippen molar-refractivity contribution in [3.8, 4) is 0 Å². The highest BCUT2D eigenvalue weighted by molar-refractivity contribution is 5.94. The van der Waals surface area contributed by atoms with E-state index in [1.165, 1.54) is 20.8 Å². The Hall–Kier alpha value is -2.01. The zero-order valence-electron chi connectivity index (χ0n) is 16.6. The topological polar surface area (TPSA) is 141 Å². The molecule has 2 N–H and O–H groups in total. The summed E-state index contributed by atoms with van der Waals surface area (Å²) in [5, 5.41) is 22.1. The molecule has 0 aliphatic carbocycles. The molecule has 0 unspecified atom stereocenters. The van der Waals surface area contributed by atoms with E-state index in [9.17, 15) is 24.6 Å². The molecule has 0 aromatic heterocycles. The third-order valence-corrected chi connectivity index (χ3v) is 6.16. The number of aliphatic hydroxyl groups is 2. The lowest BCUT2D eigenvalue weighted by molar-refractivity contribution is -0.306. The second-order valence-corrected chi connectivity index (χ2v) is 8.50. The Morgan fingerprint density at radius 3 is 2.48 bits per heavy atom. The zero-order chi connectivity index (χ0) is 21.4. The highest BCUT2D eigenvalue weighted by atomic mass is 16.8. The number of esters is 3. The summed E-state index contributed by atoms with van der Waals surface area (Å²) in [6.45, 7) is 5.05. The summed E-state index contributed by atoms with van der Waals surface area (Å²) in [6.07, 6.45) is -1.78. The summed E-state index contributed by atoms with van der Waals surface area (Å²) < 4.78 is 27.6. The molecule has 4 aliphatic rings. The Morgan fingerprint density at radius 1 is 1.17 bits per heavy atom. The number of fused-ring (bicyclic) bond motifs is 3. The van der Waals surface area contributed by atoms with E-state index >= 15 is 0 Å². The molecule has 0 aromatic carbocycles. The molecule has 1 spiro atoms. The molecule has 0 amide bonds. The lowest BCUT2D eigenvalue weighted by atomic mass is 9.80. The van der Waals surface area contributed by atoms with Crippen molar-refractivity contribution < 1.29 is 48.3 Å². The summed E-state index contributed by atoms with van der Waals surface area (Å²) in [7, 11) is 0. The van der Waals surface area contributed by atoms with Gasteiger partial charge in [0, 0.05) is 26.7 Å². The third kappa shape index (κ3) is 2.89. The fraction of sp³-hybridized carbons (Fsp3) is 0.737. The van der Waals surface area contributed by atoms with Crippen LogP contribution >= 0.6 is 0 Å². The highest BCUT2D eigenvalue weighted by Crippen LogP contribution is 2.62. The van der Waals surface area contributed by atoms with Crippen molar-refractivity contribution in [2.75, 3.05) is 6.61 Å². The minimum Gasteiger partial charge on any atom is -0.461 e. The first-order valence-electron chi connectivity index (χ1n) is 9.44. The first-order valence-corrected chi connectivity index (χ1v) is 9.44. The summed E-state index contributed by atoms with van der Waals surface area (Å²) in [4.78, 5) is 35.7. The molecule has 29 heavy (non-hydrogen) atoms. The predicted molar refractivity (Wildman–Crippen MR) is 91.8 cm³/mol. The van der Waals surface area contributed by atoms with Crippen LogP contribution in [0.25, 0.3) is 0 Å². The zero-order valence-corrected chi connectivity index (χ0v) is 16.6. The maximum Gasteiger partial charge on any atom is 0.340 e. The summed E-state index contributed by atoms with van der Waals surface area (Å²) in [5.41, 5.74) is -2.73. The Balaban J connectivity index is 1.86. The minimum absolute atomic E-state index is 0.0156. The lowest BCUT2D eigenvalue weighted by Gasteiger charge is -2.40. The molecular weight excluding hydrogens is 388 g/mol. The van der Waals surface area contributed by atoms with Gasteiger partial charge in [0.05, 0.1) is 11.1 Å². The van der Waals surface area contributed by atoms with Gasteiger partial charge in [0.25, 0.3) is 5.79 Å². The van der Waals surface area contributed by atoms with Crippen LogP contribution in [0.2, 0.25) is 0 Å². The van der Waals surface area contributed by atoms with Crippen molar-refractivity contribution in [1.82, 2.24) is 0 Å². The Kier molecular flexibility index (Phi) is 4.20. The molecule has 6 atom stereocenters. The molecule has 0 saturated carbocycles. The van der Waals surface area contributed by atoms with Crippen LogP contribution in [0.5, 0.6) is 0 Å². The average Bonchev–Trinajstić information content (AvgIpc) is 3.09. The summed E-state index contributed by atoms with van der Waals surface area (Å²) in [6, 6.07) is 0. The fourth-order valence-corrected chi connectivity index (χ4v) is 4.65. The van der Waals surface area contributed by atoms with Crippen LogP contribution in [-0.2, 0) is 38.1 Å². The first kappa shape index (κ1) is 20.3. The molecule has 4 aliphatic heterocycles. The average molecular weight is 412 g/mol. The fourth-order valence-electron chi connectivity index (χ4n) is 4.65. The van der Waals surface area contributed by atoms with Gasteiger partial charge in [-0.1, -0.05) is 0 Å². The van der Waals surface area contributed by atoms with E-state index < -0.39 is 59.5 Å². The molecule has 0 aromatic rings. The van der Waals surface area contributed by atoms with Crippen LogP contribution in [0.4, 0.5) is 0 Å². The van der Waals surface area contributed by atoms with Gasteiger partial charge in [0.2, 0.25) is 0 Å². The van der Waals surface area contributed by atoms with Crippen LogP contribution in [0.1, 0.15) is 47.0 Å². The van der Waals surface area contributed by atoms with E-state index in [-0.39, 0.29) is 24.0 Å². The van der Waals surface area contributed by atoms with Crippen LogP contribution in [-0.4, -0.2) is 69.7 Å². The molecule has 0 radical (unpaired) electrons. The van der Waals surface area contributed by atoms with Crippen molar-refractivity contribution in [3.05, 3.63) is 11.1 Å². The first-order chi connectivity index (χ1) is 13.3. The third-order valence-electron chi connectivity index (χ3n) is 6.16. The van der Waals surface area contributed by atoms with Gasteiger partial charge in [-0.3, -0.25) is 9.59 Å². The van der Waals surface area contributed by atoms with Gasteiger partial charge in [-0.25, -0.2) is 4.79 Å². The van der Waals surface area contributed by atoms with Gasteiger partial charge in [0.1, 0.15) is 23.9 Å². The minimum atomic E-state index is -1.91. The maximum absolute atomic E-state index is 12.6. The van der Waals surface area contributed by atoms with E-state index in [1.54, 1.807) is 6.92 Å². The van der Waals surface area contributed by atoms with Crippen molar-refractivity contribution in [3.63, 3.8) is 0 Å². The van der Waals surface area contributed by atoms with Crippen molar-refractivity contribution >= 4 is 17.9 Å². The molecule has 4 heterocycles. The quantitative estimate of drug-likeness (QED) is 0.365. The lowest BCUT2D eigenvalue weighted by Crippen LogP contribution is -2.55. The molecule has 3 fully saturated rings. The Bertz CT molecular complexity index is 831. The molecular formula is C19H24O10. The van der Waals surface area contributed by atoms with Gasteiger partial charge >= 0.3 is 17.9 Å². The van der Waals surface area contributed by atoms with Gasteiger partial charge in [-0.05, 0) is 20.3 Å². The van der Waals surface area contributed by atoms with Crippen LogP contribution in [0.15, 0.2) is 11.1 Å². The number of carbonyl (C=O) groups is 3. The number of ether oxygens (including phenoxy) is 5. The standard InChI is InChI=1S/C19H24O10/c1-9(20)25-8-11-13-12(26-10(2)21)7-17(4,23)18(24)6-5-16(3,29-18)15-19(13,28-15)27-14(11)22/h12,15,23-24H,5-8H2,1-4H3/t12-,15+,16+,17+,18-,19-/m0/s1. The number of hydrogen-bond acceptors (Lipinski definition) is 10. The normalized spacial score (nSPS) is 45.4. The molecule has 10 heteroatoms. The second kappa shape index (κ2) is 6.00. The van der Waals surface area contributed by atoms with Crippen molar-refractivity contribution in [2.24, 2.45) is 0 Å². The number of carbonyl (C=O) groups excluding carboxylic acids is 3. The van der Waals surface area contributed by atoms with Crippen LogP contribution in [0.3, 0.4) is 0 Å². The van der Waals surface area contributed by atoms with E-state index in [1.807, 2.05) is 0 Å². The Morgan fingerprint density at radius 2 is 1.86 bits per heavy atom. The van der Waals surface area contributed by atoms with Gasteiger partial charge in [-0.15, -0.1) is 0 Å². The van der Waals surface area contributed by atoms with E-state index in [2.05, 4.69) is 0 Å². The van der Waals surface area contributed by atoms with Crippen LogP contribution in [0, 0.1) is 0 Å². The SMILES string of the molecule is CC(=O)OCC1=C2[C@@H](OC(C)=O)C[C@@](C)(O)[C@]3(O)CC[C@@](C)(O3)[C@H]3O[C@@]23OC1=O. The van der Waals surface area contributed by atoms with Crippen molar-refractivity contribution in [2.45, 2.75) is 81.9 Å². The molecule has 2 bridgehead atoms. The van der Waals surface area contributed by atoms with Crippen LogP contribution < -0.4 is 0 Å². The molecule has 3 saturated heterocycles. The van der Waals surface area contributed by atoms with E-state index in [0.717, 1.165) is 0 Å². The van der Waals surface area contributed by atoms with E-state index in [4.69, 9.17) is 23.7 Å². The second-order valence-electron chi connectivity index (χ2n) is 8.50. The summed E-state index contributed by atoms with van der Waals surface area (Å²) >= 11 is 0. The molecule has 10 nitrogen and oxygen atoms in total. The number of hydrogen-bond donors (Lipinski definition) is 2. The van der Waals surface area contributed by atoms with Crippen molar-refractivity contribution in [1.29, 1.82) is 0 Å². The van der Waals surface area contributed by atoms with E-state index in [0.29, 0.717) is 6.42 Å². The maximum atomic E-state index is 12.6.